The molecular formula is C84H137N27O28S6. The second kappa shape index (κ2) is 74.7. The number of carboxylic acids is 2. The maximum atomic E-state index is 14.3. The van der Waals surface area contributed by atoms with Gasteiger partial charge < -0.3 is 161 Å². The van der Waals surface area contributed by atoms with Gasteiger partial charge in [-0.3, -0.25) is 115 Å². The van der Waals surface area contributed by atoms with Gasteiger partial charge in [-0.25, -0.2) is 4.79 Å². The van der Waals surface area contributed by atoms with Gasteiger partial charge >= 0.3 is 11.9 Å². The number of carbonyl (C=O) groups excluding carboxylic acids is 23. The molecule has 812 valence electrons. The van der Waals surface area contributed by atoms with Crippen molar-refractivity contribution >= 4 is 219 Å². The quantitative estimate of drug-likeness (QED) is 0.0125. The van der Waals surface area contributed by atoms with Crippen LogP contribution in [0.1, 0.15) is 116 Å². The first kappa shape index (κ1) is 129. The van der Waals surface area contributed by atoms with Crippen molar-refractivity contribution < 1.29 is 135 Å². The van der Waals surface area contributed by atoms with Crippen molar-refractivity contribution in [2.45, 2.75) is 189 Å². The van der Waals surface area contributed by atoms with Crippen LogP contribution in [0.3, 0.4) is 0 Å². The second-order valence-electron chi connectivity index (χ2n) is 32.3. The minimum absolute atomic E-state index is 0.00372. The largest absolute Gasteiger partial charge is 0.508 e. The number of rotatable bonds is 69. The Morgan fingerprint density at radius 3 is 1.28 bits per heavy atom. The maximum absolute atomic E-state index is 14.3. The number of phenolic OH excluding ortho intramolecular Hbond substituents is 1. The smallest absolute Gasteiger partial charge is 0.327 e. The summed E-state index contributed by atoms with van der Waals surface area (Å²) in [4.78, 5) is 330. The summed E-state index contributed by atoms with van der Waals surface area (Å²) in [6.45, 7) is -2.34. The van der Waals surface area contributed by atoms with Crippen molar-refractivity contribution in [3.8, 4) is 5.75 Å². The molecule has 61 heteroatoms. The van der Waals surface area contributed by atoms with Crippen LogP contribution in [0.5, 0.6) is 5.75 Å². The standard InChI is InChI=1S/C84H137N27O28S6/c1-46(112)98-44-144-41-59(106-70(123)35-96-76(130)60(42-145-45-99-47(2)113)105-67(120)32-92-65(118)30-94-78(132)62-40-143-43-71(124)102-55(26-48-16-18-49(114)19-17-48)82(136)110-61(39-141-25-11-24-89)77(131)97-33-68(121)101-56(28-72(125)126)83(137)111-62)75(129)93-29-64(117)91-31-66(119)104-58(73(90)127)38-142-37-50(115)27-63(116)100-52(13-4-8-21-86)79(133)108-54(15-6-10-23-88)81(135)109-53(14-5-9-22-87)80(134)107-51(12-3-7-20-85)74(128)95-34-69(122)103-57(36-140)84(138)139/h16-19,51-62,114,140H,3-15,20-45,85-89H2,1-2H3,(H2,90,127)(H,91,117)(H,92,118)(H,93,129)(H,94,132)(H,95,128)(H,96,130)(H,97,131)(H,98,112)(H,99,113)(H,100,116)(H,101,121)(H,102,124)(H,103,122)(H,104,119)(H,105,120)(H,106,123)(H,107,134)(H,108,133)(H,109,135)(H,110,136)(H,111,137)(H,125,126)(H,138,139)/t51-,52-,53-,54-,55-,56+,57-,58-,59-,60-,61+,62+/m0/s1. The summed E-state index contributed by atoms with van der Waals surface area (Å²) in [5, 5.41) is 79.2. The molecule has 12 atom stereocenters. The molecule has 36 N–H and O–H groups in total. The van der Waals surface area contributed by atoms with Crippen LogP contribution in [-0.2, 0) is 126 Å². The lowest BCUT2D eigenvalue weighted by molar-refractivity contribution is -0.141. The number of aromatic hydroxyl groups is 1. The summed E-state index contributed by atoms with van der Waals surface area (Å²) < 4.78 is 0. The molecule has 0 aromatic heterocycles. The molecule has 0 spiro atoms. The van der Waals surface area contributed by atoms with Gasteiger partial charge in [0.1, 0.15) is 78.3 Å². The summed E-state index contributed by atoms with van der Waals surface area (Å²) in [5.41, 5.74) is 34.6. The molecule has 22 amide bonds. The number of thiol groups is 1. The predicted octanol–water partition coefficient (Wildman–Crippen LogP) is -12.8. The molecular weight excluding hydrogens is 2030 g/mol. The maximum Gasteiger partial charge on any atom is 0.327 e. The summed E-state index contributed by atoms with van der Waals surface area (Å²) in [5.74, 6) is -26.4. The van der Waals surface area contributed by atoms with Gasteiger partial charge in [0.2, 0.25) is 130 Å². The van der Waals surface area contributed by atoms with E-state index in [1.54, 1.807) is 0 Å². The van der Waals surface area contributed by atoms with Crippen LogP contribution < -0.4 is 146 Å². The molecule has 1 saturated heterocycles. The fraction of sp³-hybridized carbons (Fsp3) is 0.631. The molecule has 0 unspecified atom stereocenters. The van der Waals surface area contributed by atoms with E-state index in [4.69, 9.17) is 34.4 Å². The first-order chi connectivity index (χ1) is 69.0. The molecule has 1 aliphatic rings. The number of unbranched alkanes of at least 4 members (excludes halogenated alkanes) is 4. The Bertz CT molecular complexity index is 4510. The van der Waals surface area contributed by atoms with Gasteiger partial charge in [-0.2, -0.15) is 36.2 Å². The number of thioether (sulfide) groups is 5. The lowest BCUT2D eigenvalue weighted by Gasteiger charge is -2.27. The first-order valence-corrected chi connectivity index (χ1v) is 52.4. The van der Waals surface area contributed by atoms with Crippen LogP contribution in [0.4, 0.5) is 0 Å². The summed E-state index contributed by atoms with van der Waals surface area (Å²) >= 11 is 8.48. The van der Waals surface area contributed by atoms with Crippen molar-refractivity contribution in [2.75, 3.05) is 142 Å². The molecule has 0 saturated carbocycles. The molecule has 1 heterocycles. The van der Waals surface area contributed by atoms with Crippen LogP contribution in [0, 0.1) is 0 Å². The lowest BCUT2D eigenvalue weighted by Crippen LogP contribution is -2.58. The number of benzene rings is 1. The van der Waals surface area contributed by atoms with Crippen LogP contribution >= 0.6 is 71.4 Å². The number of carboxylic acid groups (broad SMARTS) is 2. The highest BCUT2D eigenvalue weighted by atomic mass is 32.2. The summed E-state index contributed by atoms with van der Waals surface area (Å²) in [6.07, 6.45) is 1.34. The Labute approximate surface area is 862 Å². The minimum atomic E-state index is -1.89. The molecule has 55 nitrogen and oxygen atoms in total. The van der Waals surface area contributed by atoms with E-state index < -0.39 is 296 Å². The van der Waals surface area contributed by atoms with Gasteiger partial charge in [0.25, 0.3) is 0 Å². The molecule has 1 aromatic carbocycles. The Morgan fingerprint density at radius 2 is 0.834 bits per heavy atom. The third-order valence-electron chi connectivity index (χ3n) is 20.1. The highest BCUT2D eigenvalue weighted by molar-refractivity contribution is 8.00. The zero-order chi connectivity index (χ0) is 108. The first-order valence-electron chi connectivity index (χ1n) is 46.0. The number of primary amides is 1. The van der Waals surface area contributed by atoms with Gasteiger partial charge in [-0.15, -0.1) is 35.3 Å². The number of nitrogens with one attached hydrogen (secondary N) is 21. The Hall–Kier alpha value is -12.1. The van der Waals surface area contributed by atoms with E-state index in [0.29, 0.717) is 62.8 Å². The van der Waals surface area contributed by atoms with Crippen LogP contribution in [-0.4, -0.2) is 378 Å². The number of aliphatic carboxylic acids is 2. The molecule has 1 aromatic rings. The fourth-order valence-corrected chi connectivity index (χ4v) is 17.3. The molecule has 2 rings (SSSR count). The SMILES string of the molecule is CC(=O)NCSC[C@H](NC(=O)CNC(=O)CNC(=O)[C@H]1CSCC(=O)N[C@@H](Cc2ccc(O)cc2)C(=O)N[C@H](CSCCCN)C(=O)NCC(=O)N[C@H](CC(=O)O)C(=O)N1)C(=O)NCC(=O)N[C@@H](CSCNC(C)=O)C(=O)NCC(=O)NCC(=O)N[C@@H](CSCC(=O)CC(=O)N[C@@H](CCCCN)C(=O)N[C@@H](CCCCN)C(=O)N[C@@H](CCCCN)C(=O)N[C@@H](CCCCN)C(=O)NCC(=O)N[C@@H](CS)C(=O)O)C(N)=O. The number of amides is 22. The Morgan fingerprint density at radius 1 is 0.428 bits per heavy atom. The molecule has 0 radical (unpaired) electrons. The van der Waals surface area contributed by atoms with E-state index in [-0.39, 0.29) is 117 Å². The Kier molecular flexibility index (Phi) is 66.4. The van der Waals surface area contributed by atoms with Crippen LogP contribution in [0.2, 0.25) is 0 Å². The van der Waals surface area contributed by atoms with E-state index in [0.717, 1.165) is 47.0 Å². The van der Waals surface area contributed by atoms with Gasteiger partial charge in [-0.05, 0) is 140 Å². The number of phenols is 1. The number of Topliss-reactive ketones (excluding diaryl/α,β-unsaturated/α-hetero) is 1. The molecule has 145 heavy (non-hydrogen) atoms. The number of hydrogen-bond acceptors (Lipinski definition) is 37. The molecule has 1 aliphatic heterocycles. The highest BCUT2D eigenvalue weighted by Crippen LogP contribution is 2.17. The van der Waals surface area contributed by atoms with Gasteiger partial charge in [-0.1, -0.05) is 12.1 Å². The molecule has 1 fully saturated rings. The highest BCUT2D eigenvalue weighted by Gasteiger charge is 2.37. The predicted molar refractivity (Wildman–Crippen MR) is 538 cm³/mol. The minimum Gasteiger partial charge on any atom is -0.508 e. The van der Waals surface area contributed by atoms with E-state index in [2.05, 4.69) is 124 Å². The van der Waals surface area contributed by atoms with Crippen molar-refractivity contribution in [2.24, 2.45) is 34.4 Å². The van der Waals surface area contributed by atoms with Gasteiger partial charge in [0, 0.05) is 54.8 Å². The zero-order valence-electron chi connectivity index (χ0n) is 80.3. The van der Waals surface area contributed by atoms with Crippen LogP contribution in [0.15, 0.2) is 24.3 Å². The number of hydrogen-bond donors (Lipinski definition) is 31. The monoisotopic (exact) mass is 2160 g/mol. The van der Waals surface area contributed by atoms with Crippen LogP contribution in [0.25, 0.3) is 0 Å². The fourth-order valence-electron chi connectivity index (χ4n) is 12.5. The molecule has 0 bridgehead atoms. The van der Waals surface area contributed by atoms with E-state index in [1.165, 1.54) is 49.9 Å². The number of nitrogens with two attached hydrogens (primary N) is 6. The van der Waals surface area contributed by atoms with Crippen molar-refractivity contribution in [1.82, 2.24) is 112 Å². The average Bonchev–Trinajstić information content (AvgIpc) is 0.870. The van der Waals surface area contributed by atoms with Crippen molar-refractivity contribution in [3.05, 3.63) is 29.8 Å². The number of ketones is 1. The van der Waals surface area contributed by atoms with Gasteiger partial charge in [0.15, 0.2) is 5.78 Å². The lowest BCUT2D eigenvalue weighted by atomic mass is 10.0. The molecule has 0 aliphatic carbocycles. The third kappa shape index (κ3) is 58.6. The van der Waals surface area contributed by atoms with E-state index in [1.807, 2.05) is 0 Å². The topological polar surface area (TPSA) is 896 Å². The van der Waals surface area contributed by atoms with Gasteiger partial charge in [0.05, 0.1) is 81.9 Å². The van der Waals surface area contributed by atoms with Crippen molar-refractivity contribution in [3.63, 3.8) is 0 Å². The zero-order valence-corrected chi connectivity index (χ0v) is 85.3. The Balaban J connectivity index is 2.17. The average molecular weight is 2170 g/mol. The summed E-state index contributed by atoms with van der Waals surface area (Å²) in [6, 6.07) is -11.8. The third-order valence-corrected chi connectivity index (χ3v) is 25.6. The van der Waals surface area contributed by atoms with E-state index in [9.17, 15) is 135 Å². The summed E-state index contributed by atoms with van der Waals surface area (Å²) in [7, 11) is 0. The van der Waals surface area contributed by atoms with E-state index >= 15 is 0 Å². The normalized spacial score (nSPS) is 16.1. The van der Waals surface area contributed by atoms with Crippen molar-refractivity contribution in [1.29, 1.82) is 0 Å². The number of carbonyl (C=O) groups is 25. The second-order valence-corrected chi connectivity index (χ2v) is 37.9.